The molecule has 1 aromatic rings. The van der Waals surface area contributed by atoms with Crippen LogP contribution in [-0.2, 0) is 0 Å². The average molecular weight is 256 g/mol. The van der Waals surface area contributed by atoms with Crippen molar-refractivity contribution < 1.29 is 0 Å². The number of aliphatic imine (C=N–C) groups is 1. The van der Waals surface area contributed by atoms with Gasteiger partial charge in [0.05, 0.1) is 0 Å². The predicted molar refractivity (Wildman–Crippen MR) is 85.0 cm³/mol. The van der Waals surface area contributed by atoms with Gasteiger partial charge in [-0.15, -0.1) is 0 Å². The van der Waals surface area contributed by atoms with E-state index in [9.17, 15) is 0 Å². The number of aryl methyl sites for hydroxylation is 1. The van der Waals surface area contributed by atoms with Crippen molar-refractivity contribution >= 4 is 18.0 Å². The first-order chi connectivity index (χ1) is 8.91. The predicted octanol–water partition coefficient (Wildman–Crippen LogP) is 4.44. The summed E-state index contributed by atoms with van der Waals surface area (Å²) >= 11 is 0. The molecular weight excluding hydrogens is 232 g/mol. The van der Waals surface area contributed by atoms with Gasteiger partial charge in [0.25, 0.3) is 0 Å². The van der Waals surface area contributed by atoms with E-state index in [1.54, 1.807) is 0 Å². The van der Waals surface area contributed by atoms with Crippen LogP contribution in [-0.4, -0.2) is 18.3 Å². The molecule has 102 valence electrons. The van der Waals surface area contributed by atoms with Crippen LogP contribution in [0.5, 0.6) is 0 Å². The molecule has 1 heterocycles. The lowest BCUT2D eigenvalue weighted by atomic mass is 10.0. The minimum Gasteiger partial charge on any atom is -0.366 e. The van der Waals surface area contributed by atoms with Crippen molar-refractivity contribution in [2.24, 2.45) is 4.99 Å². The van der Waals surface area contributed by atoms with Crippen LogP contribution in [0.15, 0.2) is 28.9 Å². The molecule has 0 unspecified atom stereocenters. The van der Waals surface area contributed by atoms with Crippen LogP contribution < -0.4 is 4.90 Å². The van der Waals surface area contributed by atoms with E-state index in [4.69, 9.17) is 0 Å². The molecule has 1 aliphatic heterocycles. The van der Waals surface area contributed by atoms with E-state index in [1.807, 2.05) is 13.1 Å². The number of anilines is 1. The third kappa shape index (κ3) is 3.06. The Morgan fingerprint density at radius 1 is 1.26 bits per heavy atom. The first-order valence-corrected chi connectivity index (χ1v) is 6.99. The second-order valence-corrected chi connectivity index (χ2v) is 6.16. The summed E-state index contributed by atoms with van der Waals surface area (Å²) in [5.41, 5.74) is 5.20. The minimum absolute atomic E-state index is 0.128. The summed E-state index contributed by atoms with van der Waals surface area (Å²) in [5, 5.41) is 0. The van der Waals surface area contributed by atoms with Gasteiger partial charge in [-0.05, 0) is 58.4 Å². The molecule has 0 amide bonds. The maximum atomic E-state index is 4.50. The van der Waals surface area contributed by atoms with E-state index < -0.39 is 0 Å². The molecule has 0 bridgehead atoms. The summed E-state index contributed by atoms with van der Waals surface area (Å²) in [4.78, 5) is 6.98. The van der Waals surface area contributed by atoms with E-state index in [-0.39, 0.29) is 5.54 Å². The maximum Gasteiger partial charge on any atom is 0.0445 e. The molecule has 0 radical (unpaired) electrons. The minimum atomic E-state index is 0.128. The van der Waals surface area contributed by atoms with Gasteiger partial charge < -0.3 is 4.90 Å². The molecule has 0 aromatic heterocycles. The topological polar surface area (TPSA) is 15.6 Å². The van der Waals surface area contributed by atoms with E-state index in [2.05, 4.69) is 61.9 Å². The smallest absolute Gasteiger partial charge is 0.0445 e. The molecule has 0 spiro atoms. The fraction of sp³-hybridized carbons (Fsp3) is 0.471. The molecule has 0 aliphatic carbocycles. The van der Waals surface area contributed by atoms with Crippen molar-refractivity contribution in [1.82, 2.24) is 0 Å². The Bertz CT molecular complexity index is 519. The second kappa shape index (κ2) is 5.20. The van der Waals surface area contributed by atoms with E-state index in [0.29, 0.717) is 0 Å². The van der Waals surface area contributed by atoms with Gasteiger partial charge in [-0.2, -0.15) is 0 Å². The quantitative estimate of drug-likeness (QED) is 0.678. The van der Waals surface area contributed by atoms with Gasteiger partial charge in [0.1, 0.15) is 0 Å². The van der Waals surface area contributed by atoms with Crippen LogP contribution in [0.3, 0.4) is 0 Å². The molecule has 0 saturated carbocycles. The Labute approximate surface area is 116 Å². The lowest BCUT2D eigenvalue weighted by molar-refractivity contribution is 0.504. The van der Waals surface area contributed by atoms with Crippen molar-refractivity contribution in [3.8, 4) is 0 Å². The Morgan fingerprint density at radius 2 is 2.00 bits per heavy atom. The standard InChI is InChI=1S/C17H24N2/c1-6-18-15-9-10-19(17(3,4)5)16-8-7-13(2)11-14(16)12-15/h6-8,11-12H,9-10H2,1-5H3. The highest BCUT2D eigenvalue weighted by molar-refractivity contribution is 5.73. The first kappa shape index (κ1) is 13.9. The highest BCUT2D eigenvalue weighted by atomic mass is 15.2. The zero-order valence-corrected chi connectivity index (χ0v) is 12.7. The average Bonchev–Trinajstić information content (AvgIpc) is 2.47. The van der Waals surface area contributed by atoms with Gasteiger partial charge in [0.2, 0.25) is 0 Å². The van der Waals surface area contributed by atoms with Crippen molar-refractivity contribution in [3.63, 3.8) is 0 Å². The van der Waals surface area contributed by atoms with Crippen molar-refractivity contribution in [2.75, 3.05) is 11.4 Å². The van der Waals surface area contributed by atoms with Gasteiger partial charge in [0, 0.05) is 36.1 Å². The molecule has 0 N–H and O–H groups in total. The van der Waals surface area contributed by atoms with Crippen molar-refractivity contribution in [1.29, 1.82) is 0 Å². The molecule has 2 rings (SSSR count). The highest BCUT2D eigenvalue weighted by Crippen LogP contribution is 2.33. The van der Waals surface area contributed by atoms with Crippen LogP contribution >= 0.6 is 0 Å². The molecule has 0 atom stereocenters. The molecule has 0 fully saturated rings. The zero-order valence-electron chi connectivity index (χ0n) is 12.7. The first-order valence-electron chi connectivity index (χ1n) is 6.99. The van der Waals surface area contributed by atoms with Crippen molar-refractivity contribution in [3.05, 3.63) is 35.0 Å². The molecule has 1 aliphatic rings. The third-order valence-corrected chi connectivity index (χ3v) is 3.49. The molecule has 1 aromatic carbocycles. The SMILES string of the molecule is CC=NC1=Cc2cc(C)ccc2N(C(C)(C)C)CC1. The Hall–Kier alpha value is -1.57. The van der Waals surface area contributed by atoms with Crippen LogP contribution in [0, 0.1) is 6.92 Å². The lowest BCUT2D eigenvalue weighted by Crippen LogP contribution is -2.42. The summed E-state index contributed by atoms with van der Waals surface area (Å²) in [7, 11) is 0. The van der Waals surface area contributed by atoms with E-state index in [1.165, 1.54) is 22.5 Å². The van der Waals surface area contributed by atoms with Gasteiger partial charge >= 0.3 is 0 Å². The summed E-state index contributed by atoms with van der Waals surface area (Å²) in [6.45, 7) is 11.9. The number of hydrogen-bond donors (Lipinski definition) is 0. The van der Waals surface area contributed by atoms with Crippen LogP contribution in [0.4, 0.5) is 5.69 Å². The number of fused-ring (bicyclic) bond motifs is 1. The summed E-state index contributed by atoms with van der Waals surface area (Å²) < 4.78 is 0. The Balaban J connectivity index is 2.53. The monoisotopic (exact) mass is 256 g/mol. The van der Waals surface area contributed by atoms with Crippen LogP contribution in [0.25, 0.3) is 6.08 Å². The van der Waals surface area contributed by atoms with E-state index >= 15 is 0 Å². The molecule has 2 nitrogen and oxygen atoms in total. The van der Waals surface area contributed by atoms with Crippen molar-refractivity contribution in [2.45, 2.75) is 46.6 Å². The normalized spacial score (nSPS) is 16.3. The molecule has 19 heavy (non-hydrogen) atoms. The van der Waals surface area contributed by atoms with Crippen LogP contribution in [0.2, 0.25) is 0 Å². The van der Waals surface area contributed by atoms with Gasteiger partial charge in [-0.25, -0.2) is 0 Å². The zero-order chi connectivity index (χ0) is 14.0. The van der Waals surface area contributed by atoms with Gasteiger partial charge in [-0.3, -0.25) is 4.99 Å². The third-order valence-electron chi connectivity index (χ3n) is 3.49. The maximum absolute atomic E-state index is 4.50. The Kier molecular flexibility index (Phi) is 3.79. The second-order valence-electron chi connectivity index (χ2n) is 6.16. The molecular formula is C17H24N2. The highest BCUT2D eigenvalue weighted by Gasteiger charge is 2.25. The van der Waals surface area contributed by atoms with E-state index in [0.717, 1.165) is 13.0 Å². The fourth-order valence-electron chi connectivity index (χ4n) is 2.60. The number of nitrogens with zero attached hydrogens (tertiary/aromatic N) is 2. The number of benzene rings is 1. The van der Waals surface area contributed by atoms with Gasteiger partial charge in [-0.1, -0.05) is 11.6 Å². The summed E-state index contributed by atoms with van der Waals surface area (Å²) in [6, 6.07) is 6.69. The molecule has 2 heteroatoms. The number of hydrogen-bond acceptors (Lipinski definition) is 2. The summed E-state index contributed by atoms with van der Waals surface area (Å²) in [6.07, 6.45) is 5.11. The Morgan fingerprint density at radius 3 is 2.63 bits per heavy atom. The largest absolute Gasteiger partial charge is 0.366 e. The fourth-order valence-corrected chi connectivity index (χ4v) is 2.60. The van der Waals surface area contributed by atoms with Gasteiger partial charge in [0.15, 0.2) is 0 Å². The van der Waals surface area contributed by atoms with Crippen LogP contribution in [0.1, 0.15) is 45.2 Å². The summed E-state index contributed by atoms with van der Waals surface area (Å²) in [5.74, 6) is 0. The number of rotatable bonds is 1. The lowest BCUT2D eigenvalue weighted by Gasteiger charge is -2.38. The molecule has 0 saturated heterocycles.